The van der Waals surface area contributed by atoms with E-state index in [0.717, 1.165) is 0 Å². The number of hydrogen-bond donors (Lipinski definition) is 1. The van der Waals surface area contributed by atoms with Gasteiger partial charge in [-0.15, -0.1) is 0 Å². The van der Waals surface area contributed by atoms with Gasteiger partial charge in [0, 0.05) is 18.5 Å². The highest BCUT2D eigenvalue weighted by molar-refractivity contribution is 5.69. The van der Waals surface area contributed by atoms with E-state index in [1.807, 2.05) is 6.07 Å². The monoisotopic (exact) mass is 351 g/mol. The molecule has 0 unspecified atom stereocenters. The van der Waals surface area contributed by atoms with Gasteiger partial charge in [0.1, 0.15) is 30.8 Å². The number of aromatic amines is 1. The van der Waals surface area contributed by atoms with Crippen LogP contribution in [-0.4, -0.2) is 23.2 Å². The number of nitriles is 1. The first kappa shape index (κ1) is 17.2. The van der Waals surface area contributed by atoms with Gasteiger partial charge >= 0.3 is 0 Å². The number of hydrogen-bond acceptors (Lipinski definition) is 5. The normalized spacial score (nSPS) is 10.2. The lowest BCUT2D eigenvalue weighted by atomic mass is 10.1. The number of halogens is 1. The first-order valence-corrected chi connectivity index (χ1v) is 7.77. The molecule has 26 heavy (non-hydrogen) atoms. The van der Waals surface area contributed by atoms with Gasteiger partial charge in [-0.05, 0) is 29.8 Å². The Morgan fingerprint density at radius 3 is 2.54 bits per heavy atom. The van der Waals surface area contributed by atoms with Crippen molar-refractivity contribution in [2.75, 3.05) is 13.2 Å². The third-order valence-corrected chi connectivity index (χ3v) is 3.51. The molecular formula is C19H14FN3O3. The molecule has 2 heterocycles. The van der Waals surface area contributed by atoms with E-state index in [1.165, 1.54) is 36.7 Å². The van der Waals surface area contributed by atoms with Crippen molar-refractivity contribution in [1.29, 1.82) is 5.26 Å². The van der Waals surface area contributed by atoms with Gasteiger partial charge < -0.3 is 14.5 Å². The molecule has 1 N–H and O–H groups in total. The number of nitrogens with zero attached hydrogens (tertiary/aromatic N) is 2. The van der Waals surface area contributed by atoms with E-state index in [0.29, 0.717) is 28.3 Å². The van der Waals surface area contributed by atoms with Crippen molar-refractivity contribution >= 4 is 0 Å². The molecule has 0 amide bonds. The number of aromatic nitrogens is 2. The van der Waals surface area contributed by atoms with Gasteiger partial charge in [0.2, 0.25) is 5.88 Å². The highest BCUT2D eigenvalue weighted by atomic mass is 19.1. The van der Waals surface area contributed by atoms with Gasteiger partial charge in [0.15, 0.2) is 0 Å². The van der Waals surface area contributed by atoms with Crippen molar-refractivity contribution in [1.82, 2.24) is 9.97 Å². The molecule has 0 radical (unpaired) electrons. The zero-order chi connectivity index (χ0) is 18.4. The van der Waals surface area contributed by atoms with Crippen LogP contribution in [0.5, 0.6) is 11.6 Å². The van der Waals surface area contributed by atoms with Crippen LogP contribution >= 0.6 is 0 Å². The number of nitrogens with one attached hydrogen (secondary N) is 1. The molecule has 0 fully saturated rings. The Hall–Kier alpha value is -3.66. The number of pyridine rings is 2. The van der Waals surface area contributed by atoms with Gasteiger partial charge in [-0.1, -0.05) is 12.1 Å². The van der Waals surface area contributed by atoms with E-state index in [1.54, 1.807) is 18.2 Å². The standard InChI is InChI=1S/C19H14FN3O3/c20-15-4-2-14(3-5-15)18-16(7-8-22-19(18)24)25-9-10-26-17-6-1-13(11-21)12-23-17/h1-8,12H,9-10H2,(H,22,24). The summed E-state index contributed by atoms with van der Waals surface area (Å²) >= 11 is 0. The molecule has 3 aromatic rings. The van der Waals surface area contributed by atoms with Crippen molar-refractivity contribution in [2.24, 2.45) is 0 Å². The van der Waals surface area contributed by atoms with Crippen LogP contribution in [0.25, 0.3) is 11.1 Å². The Labute approximate surface area is 148 Å². The van der Waals surface area contributed by atoms with Crippen molar-refractivity contribution in [3.8, 4) is 28.8 Å². The van der Waals surface area contributed by atoms with E-state index in [2.05, 4.69) is 9.97 Å². The van der Waals surface area contributed by atoms with E-state index in [4.69, 9.17) is 14.7 Å². The Kier molecular flexibility index (Phi) is 5.25. The fourth-order valence-corrected chi connectivity index (χ4v) is 2.30. The Bertz CT molecular complexity index is 977. The first-order chi connectivity index (χ1) is 12.7. The molecule has 0 aliphatic carbocycles. The molecule has 1 aromatic carbocycles. The second-order valence-corrected chi connectivity index (χ2v) is 5.25. The van der Waals surface area contributed by atoms with Gasteiger partial charge in [-0.3, -0.25) is 4.79 Å². The zero-order valence-electron chi connectivity index (χ0n) is 13.6. The first-order valence-electron chi connectivity index (χ1n) is 7.77. The number of ether oxygens (including phenoxy) is 2. The molecule has 0 spiro atoms. The Morgan fingerprint density at radius 1 is 1.08 bits per heavy atom. The van der Waals surface area contributed by atoms with Gasteiger partial charge in [0.25, 0.3) is 5.56 Å². The van der Waals surface area contributed by atoms with E-state index in [-0.39, 0.29) is 24.6 Å². The zero-order valence-corrected chi connectivity index (χ0v) is 13.6. The highest BCUT2D eigenvalue weighted by Gasteiger charge is 2.11. The predicted molar refractivity (Wildman–Crippen MR) is 92.4 cm³/mol. The number of rotatable bonds is 6. The third kappa shape index (κ3) is 4.05. The summed E-state index contributed by atoms with van der Waals surface area (Å²) < 4.78 is 24.2. The van der Waals surface area contributed by atoms with Crippen molar-refractivity contribution < 1.29 is 13.9 Å². The summed E-state index contributed by atoms with van der Waals surface area (Å²) in [6.45, 7) is 0.383. The molecule has 130 valence electrons. The van der Waals surface area contributed by atoms with Crippen LogP contribution in [0.3, 0.4) is 0 Å². The van der Waals surface area contributed by atoms with Crippen LogP contribution in [-0.2, 0) is 0 Å². The van der Waals surface area contributed by atoms with Crippen LogP contribution < -0.4 is 15.0 Å². The topological polar surface area (TPSA) is 88.0 Å². The quantitative estimate of drug-likeness (QED) is 0.690. The Morgan fingerprint density at radius 2 is 1.85 bits per heavy atom. The summed E-state index contributed by atoms with van der Waals surface area (Å²) in [5.41, 5.74) is 0.992. The van der Waals surface area contributed by atoms with Crippen molar-refractivity contribution in [3.05, 3.63) is 76.6 Å². The lowest BCUT2D eigenvalue weighted by Crippen LogP contribution is -2.14. The third-order valence-electron chi connectivity index (χ3n) is 3.51. The van der Waals surface area contributed by atoms with Crippen molar-refractivity contribution in [3.63, 3.8) is 0 Å². The minimum atomic E-state index is -0.383. The van der Waals surface area contributed by atoms with Gasteiger partial charge in [-0.25, -0.2) is 9.37 Å². The van der Waals surface area contributed by atoms with Crippen LogP contribution in [0.4, 0.5) is 4.39 Å². The van der Waals surface area contributed by atoms with E-state index in [9.17, 15) is 9.18 Å². The van der Waals surface area contributed by atoms with Crippen LogP contribution in [0, 0.1) is 17.1 Å². The minimum Gasteiger partial charge on any atom is -0.489 e. The second kappa shape index (κ2) is 7.94. The summed E-state index contributed by atoms with van der Waals surface area (Å²) in [7, 11) is 0. The van der Waals surface area contributed by atoms with Crippen molar-refractivity contribution in [2.45, 2.75) is 0 Å². The summed E-state index contributed by atoms with van der Waals surface area (Å²) in [4.78, 5) is 18.7. The largest absolute Gasteiger partial charge is 0.489 e. The highest BCUT2D eigenvalue weighted by Crippen LogP contribution is 2.26. The molecule has 0 saturated carbocycles. The van der Waals surface area contributed by atoms with E-state index >= 15 is 0 Å². The molecule has 0 aliphatic rings. The fourth-order valence-electron chi connectivity index (χ4n) is 2.30. The molecule has 7 heteroatoms. The summed E-state index contributed by atoms with van der Waals surface area (Å²) in [6.07, 6.45) is 2.90. The smallest absolute Gasteiger partial charge is 0.259 e. The molecule has 0 atom stereocenters. The minimum absolute atomic E-state index is 0.180. The van der Waals surface area contributed by atoms with Gasteiger partial charge in [-0.2, -0.15) is 5.26 Å². The SMILES string of the molecule is N#Cc1ccc(OCCOc2cc[nH]c(=O)c2-c2ccc(F)cc2)nc1. The maximum atomic E-state index is 13.1. The average molecular weight is 351 g/mol. The van der Waals surface area contributed by atoms with Crippen LogP contribution in [0.2, 0.25) is 0 Å². The molecule has 0 bridgehead atoms. The van der Waals surface area contributed by atoms with Crippen LogP contribution in [0.1, 0.15) is 5.56 Å². The van der Waals surface area contributed by atoms with Gasteiger partial charge in [0.05, 0.1) is 11.1 Å². The maximum Gasteiger partial charge on any atom is 0.259 e. The lowest BCUT2D eigenvalue weighted by Gasteiger charge is -2.11. The molecule has 2 aromatic heterocycles. The molecular weight excluding hydrogens is 337 g/mol. The number of H-pyrrole nitrogens is 1. The van der Waals surface area contributed by atoms with Crippen LogP contribution in [0.15, 0.2) is 59.7 Å². The Balaban J connectivity index is 1.66. The van der Waals surface area contributed by atoms with E-state index < -0.39 is 0 Å². The summed E-state index contributed by atoms with van der Waals surface area (Å²) in [5.74, 6) is 0.362. The average Bonchev–Trinajstić information content (AvgIpc) is 2.67. The lowest BCUT2D eigenvalue weighted by molar-refractivity contribution is 0.212. The summed E-state index contributed by atoms with van der Waals surface area (Å²) in [5, 5.41) is 8.73. The molecule has 6 nitrogen and oxygen atoms in total. The predicted octanol–water partition coefficient (Wildman–Crippen LogP) is 2.91. The molecule has 3 rings (SSSR count). The molecule has 0 aliphatic heterocycles. The number of benzene rings is 1. The fraction of sp³-hybridized carbons (Fsp3) is 0.105. The second-order valence-electron chi connectivity index (χ2n) is 5.25. The maximum absolute atomic E-state index is 13.1. The molecule has 0 saturated heterocycles. The summed E-state index contributed by atoms with van der Waals surface area (Å²) in [6, 6.07) is 12.4.